The van der Waals surface area contributed by atoms with Crippen molar-refractivity contribution in [1.82, 2.24) is 4.98 Å². The predicted molar refractivity (Wildman–Crippen MR) is 70.4 cm³/mol. The van der Waals surface area contributed by atoms with E-state index in [0.29, 0.717) is 0 Å². The Balaban J connectivity index is 1.63. The average molecular weight is 229 g/mol. The average Bonchev–Trinajstić information content (AvgIpc) is 2.85. The van der Waals surface area contributed by atoms with Gasteiger partial charge in [-0.3, -0.25) is 0 Å². The van der Waals surface area contributed by atoms with E-state index in [9.17, 15) is 0 Å². The van der Waals surface area contributed by atoms with E-state index in [2.05, 4.69) is 29.2 Å². The fourth-order valence-electron chi connectivity index (χ4n) is 2.69. The van der Waals surface area contributed by atoms with Crippen LogP contribution in [0.5, 0.6) is 5.75 Å². The lowest BCUT2D eigenvalue weighted by molar-refractivity contribution is 0.209. The first kappa shape index (κ1) is 10.7. The zero-order chi connectivity index (χ0) is 11.5. The lowest BCUT2D eigenvalue weighted by Crippen LogP contribution is -2.15. The van der Waals surface area contributed by atoms with Crippen LogP contribution >= 0.6 is 0 Å². The normalized spacial score (nSPS) is 17.4. The Morgan fingerprint density at radius 2 is 2.00 bits per heavy atom. The molecule has 0 amide bonds. The van der Waals surface area contributed by atoms with E-state index in [0.717, 1.165) is 18.3 Å². The van der Waals surface area contributed by atoms with E-state index in [1.165, 1.54) is 43.0 Å². The number of aromatic nitrogens is 1. The third kappa shape index (κ3) is 2.46. The molecule has 1 aromatic heterocycles. The van der Waals surface area contributed by atoms with Gasteiger partial charge in [0.15, 0.2) is 0 Å². The maximum Gasteiger partial charge on any atom is 0.120 e. The Bertz CT molecular complexity index is 482. The number of hydrogen-bond acceptors (Lipinski definition) is 1. The van der Waals surface area contributed by atoms with Gasteiger partial charge in [-0.2, -0.15) is 0 Å². The molecular weight excluding hydrogens is 210 g/mol. The molecule has 0 saturated heterocycles. The molecule has 1 aliphatic carbocycles. The van der Waals surface area contributed by atoms with E-state index >= 15 is 0 Å². The highest BCUT2D eigenvalue weighted by Crippen LogP contribution is 2.25. The van der Waals surface area contributed by atoms with Crippen molar-refractivity contribution in [2.24, 2.45) is 5.92 Å². The van der Waals surface area contributed by atoms with Crippen LogP contribution in [0.2, 0.25) is 0 Å². The van der Waals surface area contributed by atoms with E-state index < -0.39 is 0 Å². The van der Waals surface area contributed by atoms with Crippen molar-refractivity contribution in [3.63, 3.8) is 0 Å². The molecule has 2 nitrogen and oxygen atoms in total. The summed E-state index contributed by atoms with van der Waals surface area (Å²) in [5.41, 5.74) is 1.18. The molecule has 0 aliphatic heterocycles. The molecule has 0 spiro atoms. The standard InChI is InChI=1S/C15H19NO/c1-2-4-12(5-3-1)11-17-14-6-7-15-13(10-14)8-9-16-15/h6-10,12,16H,1-5,11H2. The number of fused-ring (bicyclic) bond motifs is 1. The van der Waals surface area contributed by atoms with Crippen molar-refractivity contribution < 1.29 is 4.74 Å². The predicted octanol–water partition coefficient (Wildman–Crippen LogP) is 4.13. The number of aromatic amines is 1. The number of ether oxygens (including phenoxy) is 1. The Labute approximate surface area is 102 Å². The van der Waals surface area contributed by atoms with Crippen molar-refractivity contribution in [2.45, 2.75) is 32.1 Å². The number of H-pyrrole nitrogens is 1. The van der Waals surface area contributed by atoms with Gasteiger partial charge >= 0.3 is 0 Å². The maximum atomic E-state index is 5.91. The van der Waals surface area contributed by atoms with E-state index in [-0.39, 0.29) is 0 Å². The van der Waals surface area contributed by atoms with Crippen LogP contribution in [-0.2, 0) is 0 Å². The van der Waals surface area contributed by atoms with Gasteiger partial charge in [-0.15, -0.1) is 0 Å². The van der Waals surface area contributed by atoms with Gasteiger partial charge in [0, 0.05) is 17.1 Å². The van der Waals surface area contributed by atoms with Gasteiger partial charge < -0.3 is 9.72 Å². The van der Waals surface area contributed by atoms with Crippen LogP contribution in [0, 0.1) is 5.92 Å². The molecule has 1 aliphatic rings. The summed E-state index contributed by atoms with van der Waals surface area (Å²) in [6.45, 7) is 0.885. The Morgan fingerprint density at radius 1 is 1.12 bits per heavy atom. The summed E-state index contributed by atoms with van der Waals surface area (Å²) in [7, 11) is 0. The van der Waals surface area contributed by atoms with Gasteiger partial charge in [0.2, 0.25) is 0 Å². The zero-order valence-electron chi connectivity index (χ0n) is 10.1. The molecular formula is C15H19NO. The molecule has 2 aromatic rings. The second-order valence-corrected chi connectivity index (χ2v) is 5.04. The largest absolute Gasteiger partial charge is 0.493 e. The van der Waals surface area contributed by atoms with Crippen LogP contribution in [-0.4, -0.2) is 11.6 Å². The molecule has 0 unspecified atom stereocenters. The summed E-state index contributed by atoms with van der Waals surface area (Å²) in [4.78, 5) is 3.20. The van der Waals surface area contributed by atoms with Gasteiger partial charge in [-0.05, 0) is 43.0 Å². The second kappa shape index (κ2) is 4.82. The van der Waals surface area contributed by atoms with Gasteiger partial charge in [-0.25, -0.2) is 0 Å². The Morgan fingerprint density at radius 3 is 2.88 bits per heavy atom. The summed E-state index contributed by atoms with van der Waals surface area (Å²) in [6.07, 6.45) is 8.82. The molecule has 1 fully saturated rings. The minimum atomic E-state index is 0.769. The van der Waals surface area contributed by atoms with E-state index in [1.54, 1.807) is 0 Å². The van der Waals surface area contributed by atoms with E-state index in [4.69, 9.17) is 4.74 Å². The van der Waals surface area contributed by atoms with Crippen LogP contribution in [0.25, 0.3) is 10.9 Å². The van der Waals surface area contributed by atoms with Crippen molar-refractivity contribution in [2.75, 3.05) is 6.61 Å². The fraction of sp³-hybridized carbons (Fsp3) is 0.467. The van der Waals surface area contributed by atoms with Crippen LogP contribution < -0.4 is 4.74 Å². The van der Waals surface area contributed by atoms with Crippen LogP contribution in [0.15, 0.2) is 30.5 Å². The number of nitrogens with one attached hydrogen (secondary N) is 1. The molecule has 0 bridgehead atoms. The summed E-state index contributed by atoms with van der Waals surface area (Å²) in [6, 6.07) is 8.35. The number of benzene rings is 1. The first-order chi connectivity index (χ1) is 8.42. The molecule has 3 rings (SSSR count). The van der Waals surface area contributed by atoms with Crippen molar-refractivity contribution in [3.05, 3.63) is 30.5 Å². The smallest absolute Gasteiger partial charge is 0.120 e. The maximum absolute atomic E-state index is 5.91. The minimum absolute atomic E-state index is 0.769. The van der Waals surface area contributed by atoms with Gasteiger partial charge in [0.1, 0.15) is 5.75 Å². The first-order valence-corrected chi connectivity index (χ1v) is 6.62. The van der Waals surface area contributed by atoms with E-state index in [1.807, 2.05) is 6.20 Å². The Hall–Kier alpha value is -1.44. The third-order valence-corrected chi connectivity index (χ3v) is 3.74. The molecule has 17 heavy (non-hydrogen) atoms. The highest BCUT2D eigenvalue weighted by Gasteiger charge is 2.13. The SMILES string of the molecule is c1cc2cc(OCC3CCCCC3)ccc2[nH]1. The highest BCUT2D eigenvalue weighted by atomic mass is 16.5. The molecule has 1 aromatic carbocycles. The molecule has 1 heterocycles. The van der Waals surface area contributed by atoms with Gasteiger partial charge in [0.05, 0.1) is 6.61 Å². The molecule has 1 N–H and O–H groups in total. The highest BCUT2D eigenvalue weighted by molar-refractivity contribution is 5.80. The minimum Gasteiger partial charge on any atom is -0.493 e. The quantitative estimate of drug-likeness (QED) is 0.841. The molecule has 2 heteroatoms. The van der Waals surface area contributed by atoms with Crippen molar-refractivity contribution in [1.29, 1.82) is 0 Å². The molecule has 0 radical (unpaired) electrons. The lowest BCUT2D eigenvalue weighted by Gasteiger charge is -2.21. The third-order valence-electron chi connectivity index (χ3n) is 3.74. The second-order valence-electron chi connectivity index (χ2n) is 5.04. The topological polar surface area (TPSA) is 25.0 Å². The number of rotatable bonds is 3. The number of hydrogen-bond donors (Lipinski definition) is 1. The molecule has 0 atom stereocenters. The monoisotopic (exact) mass is 229 g/mol. The van der Waals surface area contributed by atoms with Gasteiger partial charge in [0.25, 0.3) is 0 Å². The van der Waals surface area contributed by atoms with Gasteiger partial charge in [-0.1, -0.05) is 19.3 Å². The van der Waals surface area contributed by atoms with Crippen LogP contribution in [0.3, 0.4) is 0 Å². The van der Waals surface area contributed by atoms with Crippen molar-refractivity contribution in [3.8, 4) is 5.75 Å². The molecule has 1 saturated carbocycles. The lowest BCUT2D eigenvalue weighted by atomic mass is 9.90. The van der Waals surface area contributed by atoms with Crippen LogP contribution in [0.4, 0.5) is 0 Å². The van der Waals surface area contributed by atoms with Crippen molar-refractivity contribution >= 4 is 10.9 Å². The molecule has 90 valence electrons. The van der Waals surface area contributed by atoms with Crippen LogP contribution in [0.1, 0.15) is 32.1 Å². The summed E-state index contributed by atoms with van der Waals surface area (Å²) < 4.78 is 5.91. The summed E-state index contributed by atoms with van der Waals surface area (Å²) in [5, 5.41) is 1.23. The first-order valence-electron chi connectivity index (χ1n) is 6.62. The fourth-order valence-corrected chi connectivity index (χ4v) is 2.69. The summed E-state index contributed by atoms with van der Waals surface area (Å²) >= 11 is 0. The zero-order valence-corrected chi connectivity index (χ0v) is 10.1. The summed E-state index contributed by atoms with van der Waals surface area (Å²) in [5.74, 6) is 1.77. The Kier molecular flexibility index (Phi) is 3.04.